The Morgan fingerprint density at radius 3 is 2.82 bits per heavy atom. The number of benzene rings is 1. The Morgan fingerprint density at radius 1 is 1.18 bits per heavy atom. The smallest absolute Gasteiger partial charge is 0.254 e. The van der Waals surface area contributed by atoms with Gasteiger partial charge in [0.2, 0.25) is 6.79 Å². The molecular formula is C21H27N3O3S. The van der Waals surface area contributed by atoms with Crippen molar-refractivity contribution in [3.05, 3.63) is 45.4 Å². The summed E-state index contributed by atoms with van der Waals surface area (Å²) < 4.78 is 10.9. The molecule has 0 saturated carbocycles. The van der Waals surface area contributed by atoms with Crippen molar-refractivity contribution in [3.8, 4) is 11.5 Å². The number of likely N-dealkylation sites (tertiary alicyclic amines) is 1. The monoisotopic (exact) mass is 401 g/mol. The van der Waals surface area contributed by atoms with Crippen LogP contribution in [-0.4, -0.2) is 47.0 Å². The highest BCUT2D eigenvalue weighted by molar-refractivity contribution is 7.99. The molecule has 2 aromatic rings. The van der Waals surface area contributed by atoms with Crippen molar-refractivity contribution >= 4 is 11.8 Å². The van der Waals surface area contributed by atoms with Crippen molar-refractivity contribution in [2.75, 3.05) is 32.2 Å². The van der Waals surface area contributed by atoms with Gasteiger partial charge in [0.15, 0.2) is 16.7 Å². The highest BCUT2D eigenvalue weighted by Gasteiger charge is 2.16. The van der Waals surface area contributed by atoms with Crippen LogP contribution in [0.3, 0.4) is 0 Å². The summed E-state index contributed by atoms with van der Waals surface area (Å²) in [5.41, 5.74) is 2.67. The van der Waals surface area contributed by atoms with Crippen molar-refractivity contribution < 1.29 is 9.47 Å². The SMILES string of the molecule is CCc1c(Cc2ccc3c(c2)OCO3)nc(SCCN2CCCCC2)[nH]c1=O. The first-order chi connectivity index (χ1) is 13.7. The number of ether oxygens (including phenoxy) is 2. The molecule has 1 N–H and O–H groups in total. The Hall–Kier alpha value is -1.99. The molecule has 0 radical (unpaired) electrons. The Bertz CT molecular complexity index is 878. The summed E-state index contributed by atoms with van der Waals surface area (Å²) in [5.74, 6) is 2.47. The maximum atomic E-state index is 12.6. The lowest BCUT2D eigenvalue weighted by Crippen LogP contribution is -2.31. The van der Waals surface area contributed by atoms with Gasteiger partial charge in [-0.05, 0) is 50.0 Å². The number of thioether (sulfide) groups is 1. The third kappa shape index (κ3) is 4.52. The Morgan fingerprint density at radius 2 is 2.00 bits per heavy atom. The molecule has 150 valence electrons. The van der Waals surface area contributed by atoms with Crippen LogP contribution in [0.5, 0.6) is 11.5 Å². The summed E-state index contributed by atoms with van der Waals surface area (Å²) in [4.78, 5) is 22.8. The molecule has 2 aliphatic rings. The Labute approximate surface area is 169 Å². The lowest BCUT2D eigenvalue weighted by Gasteiger charge is -2.25. The topological polar surface area (TPSA) is 67.5 Å². The largest absolute Gasteiger partial charge is 0.454 e. The molecule has 0 amide bonds. The fourth-order valence-electron chi connectivity index (χ4n) is 3.80. The fraction of sp³-hybridized carbons (Fsp3) is 0.524. The van der Waals surface area contributed by atoms with E-state index < -0.39 is 0 Å². The van der Waals surface area contributed by atoms with Crippen LogP contribution in [0, 0.1) is 0 Å². The van der Waals surface area contributed by atoms with E-state index in [1.807, 2.05) is 25.1 Å². The average molecular weight is 402 g/mol. The van der Waals surface area contributed by atoms with Crippen molar-refractivity contribution in [2.45, 2.75) is 44.2 Å². The van der Waals surface area contributed by atoms with Crippen molar-refractivity contribution in [1.29, 1.82) is 0 Å². The maximum absolute atomic E-state index is 12.6. The normalized spacial score (nSPS) is 16.5. The molecule has 1 aromatic carbocycles. The molecule has 1 saturated heterocycles. The van der Waals surface area contributed by atoms with E-state index in [9.17, 15) is 4.79 Å². The van der Waals surface area contributed by atoms with Crippen LogP contribution in [0.1, 0.15) is 43.0 Å². The highest BCUT2D eigenvalue weighted by atomic mass is 32.2. The molecule has 7 heteroatoms. The summed E-state index contributed by atoms with van der Waals surface area (Å²) >= 11 is 1.64. The lowest BCUT2D eigenvalue weighted by atomic mass is 10.0. The van der Waals surface area contributed by atoms with Crippen molar-refractivity contribution in [3.63, 3.8) is 0 Å². The predicted octanol–water partition coefficient (Wildman–Crippen LogP) is 3.23. The van der Waals surface area contributed by atoms with Crippen molar-refractivity contribution in [1.82, 2.24) is 14.9 Å². The van der Waals surface area contributed by atoms with E-state index in [0.29, 0.717) is 12.8 Å². The van der Waals surface area contributed by atoms with E-state index in [-0.39, 0.29) is 12.4 Å². The second-order valence-electron chi connectivity index (χ2n) is 7.27. The molecular weight excluding hydrogens is 374 g/mol. The number of piperidine rings is 1. The number of hydrogen-bond acceptors (Lipinski definition) is 6. The van der Waals surface area contributed by atoms with E-state index in [0.717, 1.165) is 45.8 Å². The van der Waals surface area contributed by atoms with Gasteiger partial charge < -0.3 is 19.4 Å². The zero-order valence-corrected chi connectivity index (χ0v) is 17.1. The Balaban J connectivity index is 1.47. The van der Waals surface area contributed by atoms with Crippen LogP contribution in [0.4, 0.5) is 0 Å². The number of aromatic amines is 1. The first-order valence-corrected chi connectivity index (χ1v) is 11.1. The Kier molecular flexibility index (Phi) is 6.22. The second kappa shape index (κ2) is 9.01. The molecule has 0 bridgehead atoms. The molecule has 1 aromatic heterocycles. The van der Waals surface area contributed by atoms with Crippen LogP contribution in [0.25, 0.3) is 0 Å². The van der Waals surface area contributed by atoms with E-state index >= 15 is 0 Å². The third-order valence-corrected chi connectivity index (χ3v) is 6.19. The zero-order chi connectivity index (χ0) is 19.3. The molecule has 2 aliphatic heterocycles. The van der Waals surface area contributed by atoms with Gasteiger partial charge in [-0.2, -0.15) is 0 Å². The number of rotatable bonds is 7. The minimum Gasteiger partial charge on any atom is -0.454 e. The number of hydrogen-bond donors (Lipinski definition) is 1. The van der Waals surface area contributed by atoms with Gasteiger partial charge in [-0.15, -0.1) is 0 Å². The lowest BCUT2D eigenvalue weighted by molar-refractivity contribution is 0.174. The number of H-pyrrole nitrogens is 1. The standard InChI is InChI=1S/C21H27N3O3S/c1-2-16-17(12-15-6-7-18-19(13-15)27-14-26-18)22-21(23-20(16)25)28-11-10-24-8-4-3-5-9-24/h6-7,13H,2-5,8-12,14H2,1H3,(H,22,23,25). The van der Waals surface area contributed by atoms with E-state index in [2.05, 4.69) is 9.88 Å². The maximum Gasteiger partial charge on any atom is 0.254 e. The molecule has 0 aliphatic carbocycles. The van der Waals surface area contributed by atoms with Crippen LogP contribution in [0.2, 0.25) is 0 Å². The first kappa shape index (κ1) is 19.3. The minimum atomic E-state index is -0.0197. The highest BCUT2D eigenvalue weighted by Crippen LogP contribution is 2.33. The van der Waals surface area contributed by atoms with Crippen LogP contribution >= 0.6 is 11.8 Å². The van der Waals surface area contributed by atoms with Crippen LogP contribution < -0.4 is 15.0 Å². The van der Waals surface area contributed by atoms with E-state index in [4.69, 9.17) is 14.5 Å². The van der Waals surface area contributed by atoms with Gasteiger partial charge in [-0.1, -0.05) is 31.2 Å². The van der Waals surface area contributed by atoms with Gasteiger partial charge in [0.1, 0.15) is 0 Å². The fourth-order valence-corrected chi connectivity index (χ4v) is 4.68. The quantitative estimate of drug-likeness (QED) is 0.568. The van der Waals surface area contributed by atoms with Crippen molar-refractivity contribution in [2.24, 2.45) is 0 Å². The number of nitrogens with one attached hydrogen (secondary N) is 1. The van der Waals surface area contributed by atoms with Gasteiger partial charge in [0.05, 0.1) is 5.69 Å². The van der Waals surface area contributed by atoms with Gasteiger partial charge in [-0.3, -0.25) is 4.79 Å². The average Bonchev–Trinajstić information content (AvgIpc) is 3.17. The summed E-state index contributed by atoms with van der Waals surface area (Å²) in [7, 11) is 0. The molecule has 0 atom stereocenters. The molecule has 1 fully saturated rings. The second-order valence-corrected chi connectivity index (χ2v) is 8.35. The zero-order valence-electron chi connectivity index (χ0n) is 16.3. The van der Waals surface area contributed by atoms with Crippen LogP contribution in [0.15, 0.2) is 28.2 Å². The first-order valence-electron chi connectivity index (χ1n) is 10.1. The van der Waals surface area contributed by atoms with E-state index in [1.54, 1.807) is 11.8 Å². The molecule has 3 heterocycles. The van der Waals surface area contributed by atoms with Gasteiger partial charge >= 0.3 is 0 Å². The molecule has 4 rings (SSSR count). The summed E-state index contributed by atoms with van der Waals surface area (Å²) in [5, 5.41) is 0.718. The predicted molar refractivity (Wildman–Crippen MR) is 111 cm³/mol. The summed E-state index contributed by atoms with van der Waals surface area (Å²) in [6, 6.07) is 5.91. The van der Waals surface area contributed by atoms with Gasteiger partial charge in [-0.25, -0.2) is 4.98 Å². The molecule has 6 nitrogen and oxygen atoms in total. The van der Waals surface area contributed by atoms with Gasteiger partial charge in [0.25, 0.3) is 5.56 Å². The third-order valence-electron chi connectivity index (χ3n) is 5.34. The number of aromatic nitrogens is 2. The number of nitrogens with zero attached hydrogens (tertiary/aromatic N) is 2. The van der Waals surface area contributed by atoms with Gasteiger partial charge in [0, 0.05) is 24.3 Å². The number of fused-ring (bicyclic) bond motifs is 1. The minimum absolute atomic E-state index is 0.0197. The molecule has 0 spiro atoms. The molecule has 0 unspecified atom stereocenters. The molecule has 28 heavy (non-hydrogen) atoms. The van der Waals surface area contributed by atoms with Crippen LogP contribution in [-0.2, 0) is 12.8 Å². The summed E-state index contributed by atoms with van der Waals surface area (Å²) in [6.07, 6.45) is 5.22. The van der Waals surface area contributed by atoms with E-state index in [1.165, 1.54) is 32.4 Å². The summed E-state index contributed by atoms with van der Waals surface area (Å²) in [6.45, 7) is 5.68.